The van der Waals surface area contributed by atoms with Crippen molar-refractivity contribution in [3.8, 4) is 0 Å². The quantitative estimate of drug-likeness (QED) is 0.719. The SMILES string of the molecule is CCCCN(C1CC1)C1CC(CCC)CCC1NC. The fourth-order valence-corrected chi connectivity index (χ4v) is 3.97. The number of hydrogen-bond donors (Lipinski definition) is 1. The van der Waals surface area contributed by atoms with Crippen LogP contribution in [0.2, 0.25) is 0 Å². The van der Waals surface area contributed by atoms with Crippen LogP contribution in [0.3, 0.4) is 0 Å². The van der Waals surface area contributed by atoms with E-state index in [1.165, 1.54) is 64.3 Å². The van der Waals surface area contributed by atoms with Gasteiger partial charge in [0.25, 0.3) is 0 Å². The average molecular weight is 266 g/mol. The zero-order chi connectivity index (χ0) is 13.7. The second-order valence-corrected chi connectivity index (χ2v) is 6.75. The summed E-state index contributed by atoms with van der Waals surface area (Å²) in [5.74, 6) is 0.988. The molecule has 0 bridgehead atoms. The minimum atomic E-state index is 0.741. The summed E-state index contributed by atoms with van der Waals surface area (Å²) in [6, 6.07) is 2.48. The van der Waals surface area contributed by atoms with Crippen LogP contribution in [0.15, 0.2) is 0 Å². The Labute approximate surface area is 120 Å². The predicted molar refractivity (Wildman–Crippen MR) is 83.5 cm³/mol. The fraction of sp³-hybridized carbons (Fsp3) is 1.00. The Morgan fingerprint density at radius 1 is 1.05 bits per heavy atom. The summed E-state index contributed by atoms with van der Waals surface area (Å²) < 4.78 is 0. The maximum Gasteiger partial charge on any atom is 0.0254 e. The molecule has 2 aliphatic rings. The summed E-state index contributed by atoms with van der Waals surface area (Å²) in [5, 5.41) is 3.61. The third kappa shape index (κ3) is 4.19. The highest BCUT2D eigenvalue weighted by Crippen LogP contribution is 2.37. The summed E-state index contributed by atoms with van der Waals surface area (Å²) in [6.45, 7) is 6.00. The van der Waals surface area contributed by atoms with E-state index < -0.39 is 0 Å². The first-order chi connectivity index (χ1) is 9.30. The topological polar surface area (TPSA) is 15.3 Å². The molecule has 0 aromatic carbocycles. The van der Waals surface area contributed by atoms with E-state index in [0.29, 0.717) is 0 Å². The second-order valence-electron chi connectivity index (χ2n) is 6.75. The Morgan fingerprint density at radius 2 is 1.84 bits per heavy atom. The highest BCUT2D eigenvalue weighted by Gasteiger charge is 2.39. The Hall–Kier alpha value is -0.0800. The smallest absolute Gasteiger partial charge is 0.0254 e. The Kier molecular flexibility index (Phi) is 6.15. The van der Waals surface area contributed by atoms with E-state index >= 15 is 0 Å². The highest BCUT2D eigenvalue weighted by molar-refractivity contribution is 4.96. The molecule has 19 heavy (non-hydrogen) atoms. The molecule has 2 rings (SSSR count). The standard InChI is InChI=1S/C17H34N2/c1-4-6-12-19(15-9-10-15)17-13-14(7-5-2)8-11-16(17)18-3/h14-18H,4-13H2,1-3H3. The summed E-state index contributed by atoms with van der Waals surface area (Å²) >= 11 is 0. The zero-order valence-electron chi connectivity index (χ0n) is 13.3. The molecule has 2 fully saturated rings. The van der Waals surface area contributed by atoms with Crippen LogP contribution in [0.4, 0.5) is 0 Å². The normalized spacial score (nSPS) is 31.9. The molecule has 0 saturated heterocycles. The largest absolute Gasteiger partial charge is 0.315 e. The van der Waals surface area contributed by atoms with E-state index in [9.17, 15) is 0 Å². The van der Waals surface area contributed by atoms with Crippen LogP contribution in [0.5, 0.6) is 0 Å². The molecule has 2 heteroatoms. The predicted octanol–water partition coefficient (Wildman–Crippen LogP) is 3.81. The summed E-state index contributed by atoms with van der Waals surface area (Å²) in [6.07, 6.45) is 12.7. The van der Waals surface area contributed by atoms with Crippen molar-refractivity contribution in [2.24, 2.45) is 5.92 Å². The zero-order valence-corrected chi connectivity index (χ0v) is 13.3. The van der Waals surface area contributed by atoms with Gasteiger partial charge in [-0.2, -0.15) is 0 Å². The number of rotatable bonds is 8. The van der Waals surface area contributed by atoms with E-state index in [1.807, 2.05) is 0 Å². The van der Waals surface area contributed by atoms with Crippen molar-refractivity contribution in [2.45, 2.75) is 89.8 Å². The lowest BCUT2D eigenvalue weighted by atomic mass is 9.79. The lowest BCUT2D eigenvalue weighted by Gasteiger charge is -2.43. The van der Waals surface area contributed by atoms with Gasteiger partial charge in [-0.3, -0.25) is 4.90 Å². The van der Waals surface area contributed by atoms with E-state index in [-0.39, 0.29) is 0 Å². The molecule has 2 nitrogen and oxygen atoms in total. The summed E-state index contributed by atoms with van der Waals surface area (Å²) in [5.41, 5.74) is 0. The monoisotopic (exact) mass is 266 g/mol. The number of nitrogens with zero attached hydrogens (tertiary/aromatic N) is 1. The van der Waals surface area contributed by atoms with Gasteiger partial charge in [0.2, 0.25) is 0 Å². The number of hydrogen-bond acceptors (Lipinski definition) is 2. The lowest BCUT2D eigenvalue weighted by molar-refractivity contribution is 0.0885. The molecular weight excluding hydrogens is 232 g/mol. The van der Waals surface area contributed by atoms with E-state index in [4.69, 9.17) is 0 Å². The molecule has 112 valence electrons. The molecule has 0 heterocycles. The van der Waals surface area contributed by atoms with Gasteiger partial charge in [-0.05, 0) is 58.0 Å². The molecule has 0 aromatic heterocycles. The molecule has 2 aliphatic carbocycles. The van der Waals surface area contributed by atoms with E-state index in [2.05, 4.69) is 31.1 Å². The molecule has 1 N–H and O–H groups in total. The molecule has 2 saturated carbocycles. The van der Waals surface area contributed by atoms with Crippen LogP contribution < -0.4 is 5.32 Å². The van der Waals surface area contributed by atoms with Crippen molar-refractivity contribution in [1.29, 1.82) is 0 Å². The van der Waals surface area contributed by atoms with Gasteiger partial charge < -0.3 is 5.32 Å². The number of likely N-dealkylation sites (N-methyl/N-ethyl adjacent to an activating group) is 1. The van der Waals surface area contributed by atoms with Gasteiger partial charge in [-0.25, -0.2) is 0 Å². The summed E-state index contributed by atoms with van der Waals surface area (Å²) in [7, 11) is 2.17. The maximum absolute atomic E-state index is 3.61. The van der Waals surface area contributed by atoms with Gasteiger partial charge in [-0.15, -0.1) is 0 Å². The molecule has 3 unspecified atom stereocenters. The fourth-order valence-electron chi connectivity index (χ4n) is 3.97. The van der Waals surface area contributed by atoms with Crippen molar-refractivity contribution in [3.05, 3.63) is 0 Å². The lowest BCUT2D eigenvalue weighted by Crippen LogP contribution is -2.53. The first kappa shape index (κ1) is 15.3. The molecule has 0 aromatic rings. The van der Waals surface area contributed by atoms with Gasteiger partial charge in [0, 0.05) is 18.1 Å². The number of nitrogens with one attached hydrogen (secondary N) is 1. The van der Waals surface area contributed by atoms with Crippen molar-refractivity contribution in [3.63, 3.8) is 0 Å². The van der Waals surface area contributed by atoms with Gasteiger partial charge in [-0.1, -0.05) is 33.1 Å². The molecule has 0 spiro atoms. The van der Waals surface area contributed by atoms with Crippen LogP contribution in [0.1, 0.15) is 71.6 Å². The maximum atomic E-state index is 3.61. The second kappa shape index (κ2) is 7.64. The minimum absolute atomic E-state index is 0.741. The molecule has 0 aliphatic heterocycles. The Balaban J connectivity index is 1.97. The van der Waals surface area contributed by atoms with Crippen molar-refractivity contribution in [1.82, 2.24) is 10.2 Å². The van der Waals surface area contributed by atoms with Gasteiger partial charge >= 0.3 is 0 Å². The molecule has 3 atom stereocenters. The highest BCUT2D eigenvalue weighted by atomic mass is 15.2. The van der Waals surface area contributed by atoms with Crippen molar-refractivity contribution >= 4 is 0 Å². The average Bonchev–Trinajstić information content (AvgIpc) is 3.25. The van der Waals surface area contributed by atoms with E-state index in [1.54, 1.807) is 0 Å². The summed E-state index contributed by atoms with van der Waals surface area (Å²) in [4.78, 5) is 2.88. The molecule has 0 radical (unpaired) electrons. The van der Waals surface area contributed by atoms with Gasteiger partial charge in [0.1, 0.15) is 0 Å². The number of unbranched alkanes of at least 4 members (excludes halogenated alkanes) is 1. The minimum Gasteiger partial charge on any atom is -0.315 e. The Morgan fingerprint density at radius 3 is 2.42 bits per heavy atom. The van der Waals surface area contributed by atoms with Crippen LogP contribution in [-0.2, 0) is 0 Å². The van der Waals surface area contributed by atoms with Crippen LogP contribution in [-0.4, -0.2) is 36.6 Å². The Bertz CT molecular complexity index is 250. The van der Waals surface area contributed by atoms with Crippen LogP contribution in [0.25, 0.3) is 0 Å². The first-order valence-corrected chi connectivity index (χ1v) is 8.73. The third-order valence-electron chi connectivity index (χ3n) is 5.20. The molecular formula is C17H34N2. The third-order valence-corrected chi connectivity index (χ3v) is 5.20. The van der Waals surface area contributed by atoms with Crippen molar-refractivity contribution in [2.75, 3.05) is 13.6 Å². The molecule has 0 amide bonds. The van der Waals surface area contributed by atoms with Gasteiger partial charge in [0.05, 0.1) is 0 Å². The van der Waals surface area contributed by atoms with Gasteiger partial charge in [0.15, 0.2) is 0 Å². The van der Waals surface area contributed by atoms with Crippen LogP contribution >= 0.6 is 0 Å². The van der Waals surface area contributed by atoms with Crippen molar-refractivity contribution < 1.29 is 0 Å². The van der Waals surface area contributed by atoms with E-state index in [0.717, 1.165) is 24.0 Å². The first-order valence-electron chi connectivity index (χ1n) is 8.73. The van der Waals surface area contributed by atoms with Crippen LogP contribution in [0, 0.1) is 5.92 Å².